The first kappa shape index (κ1) is 18.3. The fourth-order valence-corrected chi connectivity index (χ4v) is 3.36. The highest BCUT2D eigenvalue weighted by molar-refractivity contribution is 9.10. The third kappa shape index (κ3) is 3.54. The molecule has 132 valence electrons. The summed E-state index contributed by atoms with van der Waals surface area (Å²) in [6.45, 7) is 1.87. The molecule has 7 heteroatoms. The molecule has 1 aliphatic rings. The van der Waals surface area contributed by atoms with Crippen molar-refractivity contribution >= 4 is 56.8 Å². The summed E-state index contributed by atoms with van der Waals surface area (Å²) in [5, 5.41) is 2.65. The van der Waals surface area contributed by atoms with Crippen LogP contribution in [0, 0.1) is 6.92 Å². The Morgan fingerprint density at radius 1 is 1.15 bits per heavy atom. The van der Waals surface area contributed by atoms with Crippen LogP contribution in [0.2, 0.25) is 0 Å². The zero-order chi connectivity index (χ0) is 18.8. The van der Waals surface area contributed by atoms with Crippen LogP contribution in [0.4, 0.5) is 5.69 Å². The molecule has 3 rings (SSSR count). The van der Waals surface area contributed by atoms with Crippen molar-refractivity contribution in [3.05, 3.63) is 63.6 Å². The lowest BCUT2D eigenvalue weighted by Crippen LogP contribution is -2.54. The predicted octanol–water partition coefficient (Wildman–Crippen LogP) is 3.60. The minimum Gasteiger partial charge on any atom is -0.497 e. The number of aryl methyl sites for hydroxylation is 1. The van der Waals surface area contributed by atoms with Crippen LogP contribution >= 0.6 is 28.1 Å². The second kappa shape index (κ2) is 7.39. The van der Waals surface area contributed by atoms with Crippen molar-refractivity contribution in [3.63, 3.8) is 0 Å². The average molecular weight is 431 g/mol. The van der Waals surface area contributed by atoms with Gasteiger partial charge in [0.25, 0.3) is 11.8 Å². The number of methoxy groups -OCH3 is 1. The maximum absolute atomic E-state index is 13.0. The maximum atomic E-state index is 13.0. The lowest BCUT2D eigenvalue weighted by molar-refractivity contribution is -0.122. The summed E-state index contributed by atoms with van der Waals surface area (Å²) in [5.41, 5.74) is 2.22. The number of thiocarbonyl (C=S) groups is 1. The molecule has 0 saturated carbocycles. The first-order chi connectivity index (χ1) is 12.4. The Morgan fingerprint density at radius 3 is 2.46 bits per heavy atom. The molecular weight excluding hydrogens is 416 g/mol. The van der Waals surface area contributed by atoms with Crippen molar-refractivity contribution in [3.8, 4) is 5.75 Å². The number of nitrogens with zero attached hydrogens (tertiary/aromatic N) is 1. The van der Waals surface area contributed by atoms with Crippen LogP contribution in [0.5, 0.6) is 5.75 Å². The standard InChI is InChI=1S/C19H15BrN2O3S/c1-11-9-13(20)5-8-16(11)22-18(24)15(17(23)21-19(22)26)10-12-3-6-14(25-2)7-4-12/h3-10H,1-2H3,(H,21,23,26)/b15-10+. The Morgan fingerprint density at radius 2 is 1.85 bits per heavy atom. The molecule has 1 saturated heterocycles. The van der Waals surface area contributed by atoms with E-state index in [1.165, 1.54) is 4.90 Å². The number of halogens is 1. The lowest BCUT2D eigenvalue weighted by atomic mass is 10.1. The maximum Gasteiger partial charge on any atom is 0.270 e. The van der Waals surface area contributed by atoms with Crippen molar-refractivity contribution in [1.82, 2.24) is 5.32 Å². The van der Waals surface area contributed by atoms with Gasteiger partial charge in [-0.1, -0.05) is 28.1 Å². The molecule has 1 fully saturated rings. The van der Waals surface area contributed by atoms with E-state index in [9.17, 15) is 9.59 Å². The zero-order valence-corrected chi connectivity index (χ0v) is 16.5. The molecule has 0 bridgehead atoms. The van der Waals surface area contributed by atoms with Crippen molar-refractivity contribution in [1.29, 1.82) is 0 Å². The molecular formula is C19H15BrN2O3S. The number of nitrogens with one attached hydrogen (secondary N) is 1. The van der Waals surface area contributed by atoms with Crippen LogP contribution in [0.1, 0.15) is 11.1 Å². The minimum atomic E-state index is -0.512. The number of ether oxygens (including phenoxy) is 1. The van der Waals surface area contributed by atoms with E-state index < -0.39 is 11.8 Å². The number of benzene rings is 2. The van der Waals surface area contributed by atoms with Crippen molar-refractivity contribution in [2.24, 2.45) is 0 Å². The number of hydrogen-bond donors (Lipinski definition) is 1. The van der Waals surface area contributed by atoms with E-state index >= 15 is 0 Å². The highest BCUT2D eigenvalue weighted by atomic mass is 79.9. The number of hydrogen-bond acceptors (Lipinski definition) is 4. The van der Waals surface area contributed by atoms with E-state index in [2.05, 4.69) is 21.2 Å². The number of anilines is 1. The third-order valence-electron chi connectivity index (χ3n) is 3.93. The first-order valence-electron chi connectivity index (χ1n) is 7.72. The van der Waals surface area contributed by atoms with Crippen LogP contribution in [-0.4, -0.2) is 24.0 Å². The Hall–Kier alpha value is -2.51. The largest absolute Gasteiger partial charge is 0.497 e. The second-order valence-corrected chi connectivity index (χ2v) is 6.96. The van der Waals surface area contributed by atoms with Crippen molar-refractivity contribution < 1.29 is 14.3 Å². The van der Waals surface area contributed by atoms with E-state index in [-0.39, 0.29) is 10.7 Å². The smallest absolute Gasteiger partial charge is 0.270 e. The highest BCUT2D eigenvalue weighted by Gasteiger charge is 2.35. The predicted molar refractivity (Wildman–Crippen MR) is 108 cm³/mol. The number of rotatable bonds is 3. The van der Waals surface area contributed by atoms with Crippen molar-refractivity contribution in [2.75, 3.05) is 12.0 Å². The molecule has 0 aromatic heterocycles. The van der Waals surface area contributed by atoms with Crippen LogP contribution in [0.3, 0.4) is 0 Å². The quantitative estimate of drug-likeness (QED) is 0.459. The van der Waals surface area contributed by atoms with Gasteiger partial charge in [0.05, 0.1) is 12.8 Å². The van der Waals surface area contributed by atoms with Gasteiger partial charge < -0.3 is 4.74 Å². The molecule has 26 heavy (non-hydrogen) atoms. The van der Waals surface area contributed by atoms with Gasteiger partial charge in [0.1, 0.15) is 11.3 Å². The number of carbonyl (C=O) groups excluding carboxylic acids is 2. The molecule has 0 spiro atoms. The van der Waals surface area contributed by atoms with E-state index in [1.807, 2.05) is 19.1 Å². The summed E-state index contributed by atoms with van der Waals surface area (Å²) >= 11 is 8.62. The van der Waals surface area contributed by atoms with E-state index in [0.29, 0.717) is 17.0 Å². The minimum absolute atomic E-state index is 0.0195. The highest BCUT2D eigenvalue weighted by Crippen LogP contribution is 2.27. The van der Waals surface area contributed by atoms with Crippen LogP contribution in [0.15, 0.2) is 52.5 Å². The Labute approximate surface area is 164 Å². The summed E-state index contributed by atoms with van der Waals surface area (Å²) in [7, 11) is 1.57. The molecule has 2 aromatic rings. The number of carbonyl (C=O) groups is 2. The molecule has 5 nitrogen and oxygen atoms in total. The van der Waals surface area contributed by atoms with Gasteiger partial charge in [-0.15, -0.1) is 0 Å². The second-order valence-electron chi connectivity index (χ2n) is 5.66. The third-order valence-corrected chi connectivity index (χ3v) is 4.71. The summed E-state index contributed by atoms with van der Waals surface area (Å²) in [5.74, 6) is -0.276. The van der Waals surface area contributed by atoms with Crippen LogP contribution in [0.25, 0.3) is 6.08 Å². The molecule has 1 N–H and O–H groups in total. The Kier molecular flexibility index (Phi) is 5.20. The lowest BCUT2D eigenvalue weighted by Gasteiger charge is -2.30. The molecule has 0 radical (unpaired) electrons. The molecule has 0 unspecified atom stereocenters. The Bertz CT molecular complexity index is 938. The van der Waals surface area contributed by atoms with Crippen molar-refractivity contribution in [2.45, 2.75) is 6.92 Å². The Balaban J connectivity index is 2.01. The monoisotopic (exact) mass is 430 g/mol. The molecule has 1 heterocycles. The normalized spacial score (nSPS) is 16.0. The molecule has 0 aliphatic carbocycles. The van der Waals surface area contributed by atoms with Gasteiger partial charge in [0.15, 0.2) is 5.11 Å². The molecule has 2 amide bonds. The van der Waals surface area contributed by atoms with E-state index in [4.69, 9.17) is 17.0 Å². The molecule has 2 aromatic carbocycles. The van der Waals surface area contributed by atoms with Gasteiger partial charge in [-0.25, -0.2) is 0 Å². The van der Waals surface area contributed by atoms with Gasteiger partial charge in [0.2, 0.25) is 0 Å². The van der Waals surface area contributed by atoms with Gasteiger partial charge in [-0.3, -0.25) is 19.8 Å². The van der Waals surface area contributed by atoms with Gasteiger partial charge >= 0.3 is 0 Å². The van der Waals surface area contributed by atoms with Gasteiger partial charge in [-0.05, 0) is 66.7 Å². The average Bonchev–Trinajstić information content (AvgIpc) is 2.61. The summed E-state index contributed by atoms with van der Waals surface area (Å²) in [6.07, 6.45) is 1.54. The van der Waals surface area contributed by atoms with Gasteiger partial charge in [0, 0.05) is 4.47 Å². The van der Waals surface area contributed by atoms with Crippen LogP contribution in [-0.2, 0) is 9.59 Å². The topological polar surface area (TPSA) is 58.6 Å². The summed E-state index contributed by atoms with van der Waals surface area (Å²) in [4.78, 5) is 26.6. The SMILES string of the molecule is COc1ccc(/C=C2\C(=O)NC(=S)N(c3ccc(Br)cc3C)C2=O)cc1. The fraction of sp³-hybridized carbons (Fsp3) is 0.105. The summed E-state index contributed by atoms with van der Waals surface area (Å²) < 4.78 is 6.01. The number of amides is 2. The van der Waals surface area contributed by atoms with Crippen LogP contribution < -0.4 is 15.0 Å². The molecule has 1 aliphatic heterocycles. The first-order valence-corrected chi connectivity index (χ1v) is 8.92. The zero-order valence-electron chi connectivity index (χ0n) is 14.1. The molecule has 0 atom stereocenters. The van der Waals surface area contributed by atoms with E-state index in [0.717, 1.165) is 10.0 Å². The fourth-order valence-electron chi connectivity index (χ4n) is 2.61. The van der Waals surface area contributed by atoms with E-state index in [1.54, 1.807) is 43.5 Å². The van der Waals surface area contributed by atoms with Gasteiger partial charge in [-0.2, -0.15) is 0 Å². The summed E-state index contributed by atoms with van der Waals surface area (Å²) in [6, 6.07) is 12.6.